The van der Waals surface area contributed by atoms with Gasteiger partial charge in [-0.25, -0.2) is 9.78 Å². The molecule has 0 fully saturated rings. The molecule has 0 saturated carbocycles. The summed E-state index contributed by atoms with van der Waals surface area (Å²) < 4.78 is 3.67. The molecular weight excluding hydrogens is 426 g/mol. The largest absolute Gasteiger partial charge is 0.350 e. The molecule has 9 nitrogen and oxygen atoms in total. The van der Waals surface area contributed by atoms with Crippen molar-refractivity contribution in [1.82, 2.24) is 24.0 Å². The summed E-state index contributed by atoms with van der Waals surface area (Å²) in [4.78, 5) is 54.8. The summed E-state index contributed by atoms with van der Waals surface area (Å²) in [5.41, 5.74) is 0.0848. The quantitative estimate of drug-likeness (QED) is 0.449. The molecule has 154 valence electrons. The molecule has 11 heteroatoms. The highest BCUT2D eigenvalue weighted by Gasteiger charge is 2.16. The van der Waals surface area contributed by atoms with Crippen LogP contribution in [0.25, 0.3) is 11.2 Å². The van der Waals surface area contributed by atoms with Crippen molar-refractivity contribution in [2.75, 3.05) is 0 Å². The van der Waals surface area contributed by atoms with Gasteiger partial charge >= 0.3 is 5.69 Å². The Labute approximate surface area is 177 Å². The van der Waals surface area contributed by atoms with Gasteiger partial charge in [0, 0.05) is 29.9 Å². The Hall–Kier alpha value is -3.31. The summed E-state index contributed by atoms with van der Waals surface area (Å²) in [6.07, 6.45) is 1.37. The molecule has 0 aliphatic rings. The minimum atomic E-state index is -0.506. The number of amides is 1. The van der Waals surface area contributed by atoms with Gasteiger partial charge in [0.05, 0.1) is 17.7 Å². The normalized spacial score (nSPS) is 11.1. The lowest BCUT2D eigenvalue weighted by molar-refractivity contribution is -0.121. The van der Waals surface area contributed by atoms with E-state index in [1.54, 1.807) is 17.5 Å². The van der Waals surface area contributed by atoms with Crippen molar-refractivity contribution in [1.29, 1.82) is 0 Å². The molecule has 0 aliphatic carbocycles. The second-order valence-electron chi connectivity index (χ2n) is 6.63. The van der Waals surface area contributed by atoms with Gasteiger partial charge in [0.2, 0.25) is 11.7 Å². The van der Waals surface area contributed by atoms with Crippen molar-refractivity contribution in [3.05, 3.63) is 71.4 Å². The van der Waals surface area contributed by atoms with Crippen molar-refractivity contribution < 1.29 is 9.59 Å². The number of hydrogen-bond donors (Lipinski definition) is 1. The lowest BCUT2D eigenvalue weighted by Crippen LogP contribution is -2.38. The van der Waals surface area contributed by atoms with Gasteiger partial charge in [0.15, 0.2) is 11.2 Å². The summed E-state index contributed by atoms with van der Waals surface area (Å²) in [6, 6.07) is 5.34. The average molecular weight is 444 g/mol. The van der Waals surface area contributed by atoms with Gasteiger partial charge in [-0.3, -0.25) is 23.5 Å². The molecule has 0 saturated heterocycles. The van der Waals surface area contributed by atoms with Crippen molar-refractivity contribution in [2.24, 2.45) is 14.1 Å². The van der Waals surface area contributed by atoms with E-state index in [4.69, 9.17) is 0 Å². The zero-order chi connectivity index (χ0) is 21.4. The smallest absolute Gasteiger partial charge is 0.332 e. The molecule has 4 heterocycles. The second kappa shape index (κ2) is 7.84. The van der Waals surface area contributed by atoms with Gasteiger partial charge in [0.1, 0.15) is 6.54 Å². The lowest BCUT2D eigenvalue weighted by Gasteiger charge is -2.07. The summed E-state index contributed by atoms with van der Waals surface area (Å²) in [7, 11) is 2.90. The Morgan fingerprint density at radius 2 is 1.93 bits per heavy atom. The number of aromatic nitrogens is 4. The maximum Gasteiger partial charge on any atom is 0.332 e. The van der Waals surface area contributed by atoms with Crippen LogP contribution in [-0.2, 0) is 32.0 Å². The number of aryl methyl sites for hydroxylation is 1. The number of carbonyl (C=O) groups is 2. The number of nitrogens with zero attached hydrogens (tertiary/aromatic N) is 4. The minimum absolute atomic E-state index is 0.0369. The van der Waals surface area contributed by atoms with E-state index in [2.05, 4.69) is 10.3 Å². The van der Waals surface area contributed by atoms with Crippen LogP contribution < -0.4 is 16.6 Å². The number of carbonyl (C=O) groups excluding carboxylic acids is 2. The predicted molar refractivity (Wildman–Crippen MR) is 114 cm³/mol. The van der Waals surface area contributed by atoms with E-state index in [1.165, 1.54) is 52.2 Å². The van der Waals surface area contributed by atoms with Crippen LogP contribution in [0.5, 0.6) is 0 Å². The molecule has 1 amide bonds. The monoisotopic (exact) mass is 443 g/mol. The van der Waals surface area contributed by atoms with Gasteiger partial charge in [-0.1, -0.05) is 0 Å². The Morgan fingerprint density at radius 1 is 1.13 bits per heavy atom. The summed E-state index contributed by atoms with van der Waals surface area (Å²) in [5.74, 6) is -0.352. The van der Waals surface area contributed by atoms with Crippen molar-refractivity contribution in [3.63, 3.8) is 0 Å². The fourth-order valence-corrected chi connectivity index (χ4v) is 4.59. The van der Waals surface area contributed by atoms with E-state index in [1.807, 2.05) is 11.4 Å². The Morgan fingerprint density at radius 3 is 2.67 bits per heavy atom. The van der Waals surface area contributed by atoms with Crippen LogP contribution in [0.1, 0.15) is 20.1 Å². The molecule has 0 atom stereocenters. The number of hydrogen-bond acceptors (Lipinski definition) is 7. The lowest BCUT2D eigenvalue weighted by atomic mass is 10.2. The first kappa shape index (κ1) is 20.0. The minimum Gasteiger partial charge on any atom is -0.350 e. The van der Waals surface area contributed by atoms with Gasteiger partial charge in [-0.05, 0) is 23.6 Å². The third kappa shape index (κ3) is 3.53. The van der Waals surface area contributed by atoms with E-state index >= 15 is 0 Å². The number of ketones is 1. The number of rotatable bonds is 6. The molecule has 0 aromatic carbocycles. The number of fused-ring (bicyclic) bond motifs is 1. The maximum absolute atomic E-state index is 12.4. The van der Waals surface area contributed by atoms with Crippen LogP contribution in [0.4, 0.5) is 0 Å². The Bertz CT molecular complexity index is 1370. The zero-order valence-electron chi connectivity index (χ0n) is 16.1. The molecule has 0 bridgehead atoms. The van der Waals surface area contributed by atoms with E-state index in [0.717, 1.165) is 9.44 Å². The average Bonchev–Trinajstić information content (AvgIpc) is 3.49. The van der Waals surface area contributed by atoms with E-state index in [9.17, 15) is 19.2 Å². The van der Waals surface area contributed by atoms with Gasteiger partial charge < -0.3 is 9.88 Å². The van der Waals surface area contributed by atoms with Gasteiger partial charge in [-0.2, -0.15) is 11.3 Å². The van der Waals surface area contributed by atoms with Crippen molar-refractivity contribution in [2.45, 2.75) is 13.1 Å². The molecular formula is C19H17N5O4S2. The van der Waals surface area contributed by atoms with E-state index in [0.29, 0.717) is 10.4 Å². The second-order valence-corrected chi connectivity index (χ2v) is 8.58. The summed E-state index contributed by atoms with van der Waals surface area (Å²) in [5, 5.41) is 6.44. The van der Waals surface area contributed by atoms with E-state index in [-0.39, 0.29) is 35.9 Å². The molecule has 4 rings (SSSR count). The van der Waals surface area contributed by atoms with Crippen molar-refractivity contribution in [3.8, 4) is 0 Å². The highest BCUT2D eigenvalue weighted by atomic mass is 32.1. The first-order valence-corrected chi connectivity index (χ1v) is 10.7. The molecule has 30 heavy (non-hydrogen) atoms. The topological polar surface area (TPSA) is 108 Å². The van der Waals surface area contributed by atoms with Crippen LogP contribution in [0.2, 0.25) is 0 Å². The molecule has 4 aromatic heterocycles. The Kier molecular flexibility index (Phi) is 5.22. The molecule has 1 N–H and O–H groups in total. The molecule has 4 aromatic rings. The van der Waals surface area contributed by atoms with Crippen LogP contribution >= 0.6 is 22.7 Å². The van der Waals surface area contributed by atoms with Crippen LogP contribution in [-0.4, -0.2) is 30.4 Å². The summed E-state index contributed by atoms with van der Waals surface area (Å²) >= 11 is 2.80. The fourth-order valence-electron chi connectivity index (χ4n) is 3.04. The summed E-state index contributed by atoms with van der Waals surface area (Å²) in [6.45, 7) is 0.152. The van der Waals surface area contributed by atoms with Crippen LogP contribution in [0, 0.1) is 0 Å². The SMILES string of the molecule is Cn1c(=O)c2c(ncn2CC(=O)NCc2ccc(C(=O)c3ccsc3)s2)n(C)c1=O. The number of thiophene rings is 2. The Balaban J connectivity index is 1.46. The third-order valence-corrected chi connectivity index (χ3v) is 6.43. The standard InChI is InChI=1S/C19H17N5O4S2/c1-22-17-15(18(27)23(2)19(22)28)24(10-21-17)8-14(25)20-7-12-3-4-13(30-12)16(26)11-5-6-29-9-11/h3-6,9-10H,7-8H2,1-2H3,(H,20,25). The predicted octanol–water partition coefficient (Wildman–Crippen LogP) is 1.10. The number of nitrogens with one attached hydrogen (secondary N) is 1. The fraction of sp³-hybridized carbons (Fsp3) is 0.211. The zero-order valence-corrected chi connectivity index (χ0v) is 17.7. The van der Waals surface area contributed by atoms with Gasteiger partial charge in [-0.15, -0.1) is 11.3 Å². The van der Waals surface area contributed by atoms with Crippen LogP contribution in [0.15, 0.2) is 44.9 Å². The molecule has 0 unspecified atom stereocenters. The molecule has 0 aliphatic heterocycles. The first-order chi connectivity index (χ1) is 14.4. The molecule has 0 spiro atoms. The maximum atomic E-state index is 12.4. The van der Waals surface area contributed by atoms with Crippen molar-refractivity contribution >= 4 is 45.5 Å². The van der Waals surface area contributed by atoms with E-state index < -0.39 is 11.2 Å². The van der Waals surface area contributed by atoms with Gasteiger partial charge in [0.25, 0.3) is 5.56 Å². The highest BCUT2D eigenvalue weighted by Crippen LogP contribution is 2.21. The number of imidazole rings is 1. The van der Waals surface area contributed by atoms with Crippen LogP contribution in [0.3, 0.4) is 0 Å². The third-order valence-electron chi connectivity index (χ3n) is 4.66. The highest BCUT2D eigenvalue weighted by molar-refractivity contribution is 7.14. The molecule has 0 radical (unpaired) electrons. The first-order valence-electron chi connectivity index (χ1n) is 8.90.